The van der Waals surface area contributed by atoms with Crippen molar-refractivity contribution in [1.82, 2.24) is 14.9 Å². The number of amides is 1. The van der Waals surface area contributed by atoms with Crippen molar-refractivity contribution in [1.29, 1.82) is 0 Å². The maximum atomic E-state index is 15.9. The summed E-state index contributed by atoms with van der Waals surface area (Å²) in [4.78, 5) is 52.7. The molecule has 0 spiro atoms. The normalized spacial score (nSPS) is 14.9. The zero-order chi connectivity index (χ0) is 40.8. The third-order valence-corrected chi connectivity index (χ3v) is 11.4. The van der Waals surface area contributed by atoms with Crippen molar-refractivity contribution in [3.05, 3.63) is 101 Å². The van der Waals surface area contributed by atoms with Crippen molar-refractivity contribution in [2.75, 3.05) is 49.6 Å². The molecule has 2 aliphatic heterocycles. The second-order valence-electron chi connectivity index (χ2n) is 15.8. The smallest absolute Gasteiger partial charge is 0.358 e. The van der Waals surface area contributed by atoms with Gasteiger partial charge in [0.25, 0.3) is 5.91 Å². The van der Waals surface area contributed by atoms with Gasteiger partial charge in [0.2, 0.25) is 0 Å². The Hall–Kier alpha value is -5.40. The average Bonchev–Trinajstić information content (AvgIpc) is 3.61. The molecule has 7 rings (SSSR count). The fourth-order valence-electron chi connectivity index (χ4n) is 7.59. The number of esters is 2. The molecule has 0 bridgehead atoms. The molecule has 5 aromatic rings. The van der Waals surface area contributed by atoms with E-state index >= 15 is 4.39 Å². The number of nitrogens with zero attached hydrogens (tertiary/aromatic N) is 4. The number of ether oxygens (including phenoxy) is 3. The Balaban J connectivity index is 1.03. The number of carbonyl (C=O) groups is 3. The second-order valence-corrected chi connectivity index (χ2v) is 16.8. The standard InChI is InChI=1S/C45H50FN5O6S/c1-5-55-40(52)28-50-22-19-29(20-23-50)10-9-25-56-31-15-16-32(36(46)26-31)33-17-18-39(48-41(33)43(54)57-45(2,3)4)51-24-21-30-11-8-12-34(35(30)27-51)42(53)49-44-47-37-13-6-7-14-38(37)58-44/h6-8,11-18,26,29H,5,9-10,19-25,27-28H2,1-4H3,(H,47,49,53). The van der Waals surface area contributed by atoms with Gasteiger partial charge in [-0.25, -0.2) is 19.2 Å². The van der Waals surface area contributed by atoms with E-state index in [0.717, 1.165) is 60.1 Å². The molecule has 304 valence electrons. The Morgan fingerprint density at radius 2 is 1.74 bits per heavy atom. The number of nitrogens with one attached hydrogen (secondary N) is 1. The number of carbonyl (C=O) groups excluding carboxylic acids is 3. The van der Waals surface area contributed by atoms with E-state index in [2.05, 4.69) is 15.2 Å². The first-order valence-corrected chi connectivity index (χ1v) is 20.8. The molecule has 2 aromatic heterocycles. The SMILES string of the molecule is CCOC(=O)CN1CCC(CCCOc2ccc(-c3ccc(N4CCc5cccc(C(=O)Nc6nc7ccccc7s6)c5C4)nc3C(=O)OC(C)(C)C)c(F)c2)CC1. The Kier molecular flexibility index (Phi) is 12.7. The lowest BCUT2D eigenvalue weighted by Gasteiger charge is -2.31. The summed E-state index contributed by atoms with van der Waals surface area (Å²) >= 11 is 1.42. The Labute approximate surface area is 342 Å². The molecule has 0 unspecified atom stereocenters. The maximum Gasteiger partial charge on any atom is 0.358 e. The van der Waals surface area contributed by atoms with Crippen LogP contribution < -0.4 is 15.0 Å². The fourth-order valence-corrected chi connectivity index (χ4v) is 8.45. The van der Waals surface area contributed by atoms with Gasteiger partial charge in [-0.1, -0.05) is 35.6 Å². The number of para-hydroxylation sites is 1. The first-order chi connectivity index (χ1) is 27.9. The molecule has 2 aliphatic rings. The fraction of sp³-hybridized carbons (Fsp3) is 0.400. The van der Waals surface area contributed by atoms with Gasteiger partial charge in [0.15, 0.2) is 10.8 Å². The summed E-state index contributed by atoms with van der Waals surface area (Å²) in [5.74, 6) is -0.149. The number of likely N-dealkylation sites (tertiary alicyclic amines) is 1. The summed E-state index contributed by atoms with van der Waals surface area (Å²) in [5, 5.41) is 3.51. The number of pyridine rings is 1. The number of thiazole rings is 1. The predicted octanol–water partition coefficient (Wildman–Crippen LogP) is 8.70. The minimum atomic E-state index is -0.808. The molecule has 0 atom stereocenters. The second kappa shape index (κ2) is 18.0. The van der Waals surface area contributed by atoms with E-state index in [1.54, 1.807) is 45.0 Å². The van der Waals surface area contributed by atoms with E-state index < -0.39 is 17.4 Å². The average molecular weight is 808 g/mol. The summed E-state index contributed by atoms with van der Waals surface area (Å²) in [5.41, 5.74) is 3.02. The number of rotatable bonds is 13. The molecule has 11 nitrogen and oxygen atoms in total. The first-order valence-electron chi connectivity index (χ1n) is 20.0. The van der Waals surface area contributed by atoms with Crippen LogP contribution in [-0.4, -0.2) is 77.7 Å². The number of anilines is 2. The van der Waals surface area contributed by atoms with Crippen LogP contribution in [0.2, 0.25) is 0 Å². The third-order valence-electron chi connectivity index (χ3n) is 10.5. The minimum Gasteiger partial charge on any atom is -0.493 e. The molecular weight excluding hydrogens is 758 g/mol. The lowest BCUT2D eigenvalue weighted by molar-refractivity contribution is -0.144. The van der Waals surface area contributed by atoms with E-state index in [1.807, 2.05) is 54.3 Å². The van der Waals surface area contributed by atoms with Gasteiger partial charge in [-0.15, -0.1) is 0 Å². The summed E-state index contributed by atoms with van der Waals surface area (Å²) < 4.78 is 33.7. The van der Waals surface area contributed by atoms with Crippen molar-refractivity contribution < 1.29 is 33.0 Å². The third kappa shape index (κ3) is 10.00. The molecule has 1 saturated heterocycles. The van der Waals surface area contributed by atoms with E-state index in [-0.39, 0.29) is 23.1 Å². The van der Waals surface area contributed by atoms with Crippen LogP contribution in [0.1, 0.15) is 85.4 Å². The van der Waals surface area contributed by atoms with E-state index in [1.165, 1.54) is 17.4 Å². The van der Waals surface area contributed by atoms with Gasteiger partial charge in [-0.05, 0) is 132 Å². The number of fused-ring (bicyclic) bond motifs is 2. The Bertz CT molecular complexity index is 2250. The van der Waals surface area contributed by atoms with Gasteiger partial charge in [0.05, 0.1) is 30.0 Å². The quantitative estimate of drug-likeness (QED) is 0.0913. The lowest BCUT2D eigenvalue weighted by Crippen LogP contribution is -2.38. The zero-order valence-corrected chi connectivity index (χ0v) is 34.3. The number of benzene rings is 3. The number of halogens is 1. The van der Waals surface area contributed by atoms with Crippen LogP contribution in [0.5, 0.6) is 5.75 Å². The largest absolute Gasteiger partial charge is 0.493 e. The monoisotopic (exact) mass is 807 g/mol. The van der Waals surface area contributed by atoms with Crippen molar-refractivity contribution in [3.8, 4) is 16.9 Å². The lowest BCUT2D eigenvalue weighted by atomic mass is 9.92. The van der Waals surface area contributed by atoms with Crippen LogP contribution in [0.4, 0.5) is 15.3 Å². The highest BCUT2D eigenvalue weighted by molar-refractivity contribution is 7.22. The van der Waals surface area contributed by atoms with E-state index in [4.69, 9.17) is 19.2 Å². The summed E-state index contributed by atoms with van der Waals surface area (Å²) in [6.45, 7) is 11.1. The number of hydrogen-bond acceptors (Lipinski definition) is 11. The molecule has 1 N–H and O–H groups in total. The van der Waals surface area contributed by atoms with Gasteiger partial charge in [0.1, 0.15) is 23.0 Å². The van der Waals surface area contributed by atoms with Gasteiger partial charge in [-0.2, -0.15) is 0 Å². The van der Waals surface area contributed by atoms with Crippen molar-refractivity contribution in [2.45, 2.75) is 71.9 Å². The highest BCUT2D eigenvalue weighted by Crippen LogP contribution is 2.34. The molecule has 4 heterocycles. The summed E-state index contributed by atoms with van der Waals surface area (Å²) in [7, 11) is 0. The molecular formula is C45H50FN5O6S. The van der Waals surface area contributed by atoms with Gasteiger partial charge >= 0.3 is 11.9 Å². The zero-order valence-electron chi connectivity index (χ0n) is 33.5. The van der Waals surface area contributed by atoms with Crippen LogP contribution >= 0.6 is 11.3 Å². The van der Waals surface area contributed by atoms with Crippen LogP contribution in [0.15, 0.2) is 72.8 Å². The number of aromatic nitrogens is 2. The van der Waals surface area contributed by atoms with Crippen LogP contribution in [0, 0.1) is 11.7 Å². The molecule has 0 saturated carbocycles. The topological polar surface area (TPSA) is 123 Å². The summed E-state index contributed by atoms with van der Waals surface area (Å²) in [6, 6.07) is 21.6. The van der Waals surface area contributed by atoms with E-state index in [9.17, 15) is 14.4 Å². The van der Waals surface area contributed by atoms with Crippen molar-refractivity contribution >= 4 is 50.3 Å². The van der Waals surface area contributed by atoms with E-state index in [0.29, 0.717) is 73.0 Å². The predicted molar refractivity (Wildman–Crippen MR) is 224 cm³/mol. The van der Waals surface area contributed by atoms with Crippen molar-refractivity contribution in [3.63, 3.8) is 0 Å². The highest BCUT2D eigenvalue weighted by Gasteiger charge is 2.28. The van der Waals surface area contributed by atoms with Gasteiger partial charge < -0.3 is 19.1 Å². The first kappa shape index (κ1) is 40.8. The summed E-state index contributed by atoms with van der Waals surface area (Å²) in [6.07, 6.45) is 4.52. The van der Waals surface area contributed by atoms with Crippen LogP contribution in [0.3, 0.4) is 0 Å². The minimum absolute atomic E-state index is 0.000887. The molecule has 1 amide bonds. The number of piperidine rings is 1. The van der Waals surface area contributed by atoms with Crippen molar-refractivity contribution in [2.24, 2.45) is 5.92 Å². The molecule has 1 fully saturated rings. The highest BCUT2D eigenvalue weighted by atomic mass is 32.1. The molecule has 58 heavy (non-hydrogen) atoms. The van der Waals surface area contributed by atoms with Crippen LogP contribution in [-0.2, 0) is 27.2 Å². The molecule has 13 heteroatoms. The Morgan fingerprint density at radius 3 is 2.50 bits per heavy atom. The van der Waals surface area contributed by atoms with Gasteiger partial charge in [-0.3, -0.25) is 19.8 Å². The number of hydrogen-bond donors (Lipinski definition) is 1. The van der Waals surface area contributed by atoms with Crippen LogP contribution in [0.25, 0.3) is 21.3 Å². The van der Waals surface area contributed by atoms with Gasteiger partial charge in [0, 0.05) is 35.8 Å². The molecule has 0 aliphatic carbocycles. The molecule has 3 aromatic carbocycles. The molecule has 0 radical (unpaired) electrons. The Morgan fingerprint density at radius 1 is 0.948 bits per heavy atom. The maximum absolute atomic E-state index is 15.9.